The number of benzene rings is 2. The molecule has 0 fully saturated rings. The highest BCUT2D eigenvalue weighted by Gasteiger charge is 2.07. The van der Waals surface area contributed by atoms with Crippen molar-refractivity contribution in [3.63, 3.8) is 0 Å². The minimum atomic E-state index is -0.929. The molecular formula is C11H7BO2. The Morgan fingerprint density at radius 3 is 2.43 bits per heavy atom. The lowest BCUT2D eigenvalue weighted by molar-refractivity contribution is 0.0699. The zero-order chi connectivity index (χ0) is 10.1. The van der Waals surface area contributed by atoms with Crippen molar-refractivity contribution < 1.29 is 9.90 Å². The van der Waals surface area contributed by atoms with Crippen LogP contribution in [0.1, 0.15) is 10.4 Å². The molecule has 3 heteroatoms. The molecule has 2 nitrogen and oxygen atoms in total. The average molecular weight is 182 g/mol. The molecule has 1 N–H and O–H groups in total. The van der Waals surface area contributed by atoms with Gasteiger partial charge in [0.1, 0.15) is 7.85 Å². The van der Waals surface area contributed by atoms with E-state index in [2.05, 4.69) is 0 Å². The lowest BCUT2D eigenvalue weighted by atomic mass is 9.89. The normalized spacial score (nSPS) is 10.3. The van der Waals surface area contributed by atoms with Crippen molar-refractivity contribution in [2.24, 2.45) is 0 Å². The Kier molecular flexibility index (Phi) is 2.00. The molecule has 0 aliphatic heterocycles. The fourth-order valence-corrected chi connectivity index (χ4v) is 1.52. The molecule has 0 spiro atoms. The number of rotatable bonds is 1. The summed E-state index contributed by atoms with van der Waals surface area (Å²) < 4.78 is 0. The fourth-order valence-electron chi connectivity index (χ4n) is 1.52. The molecule has 0 aromatic heterocycles. The minimum Gasteiger partial charge on any atom is -0.478 e. The summed E-state index contributed by atoms with van der Waals surface area (Å²) in [6, 6.07) is 10.4. The van der Waals surface area contributed by atoms with Gasteiger partial charge in [0, 0.05) is 0 Å². The molecule has 0 amide bonds. The van der Waals surface area contributed by atoms with E-state index in [9.17, 15) is 4.79 Å². The number of aromatic carboxylic acids is 1. The molecule has 0 atom stereocenters. The molecule has 0 bridgehead atoms. The fraction of sp³-hybridized carbons (Fsp3) is 0. The summed E-state index contributed by atoms with van der Waals surface area (Å²) in [5.41, 5.74) is 0.889. The second-order valence-corrected chi connectivity index (χ2v) is 3.05. The molecule has 0 saturated heterocycles. The molecule has 0 heterocycles. The van der Waals surface area contributed by atoms with Gasteiger partial charge < -0.3 is 5.11 Å². The van der Waals surface area contributed by atoms with Crippen molar-refractivity contribution in [3.8, 4) is 0 Å². The van der Waals surface area contributed by atoms with Crippen molar-refractivity contribution in [2.75, 3.05) is 0 Å². The SMILES string of the molecule is [B]c1cccc2c(C(=O)O)cccc12. The summed E-state index contributed by atoms with van der Waals surface area (Å²) in [5, 5.41) is 10.4. The highest BCUT2D eigenvalue weighted by Crippen LogP contribution is 2.16. The Morgan fingerprint density at radius 2 is 1.71 bits per heavy atom. The van der Waals surface area contributed by atoms with Crippen LogP contribution in [-0.2, 0) is 0 Å². The Labute approximate surface area is 82.6 Å². The second-order valence-electron chi connectivity index (χ2n) is 3.05. The average Bonchev–Trinajstić information content (AvgIpc) is 2.17. The Hall–Kier alpha value is -1.77. The standard InChI is InChI=1S/C11H7BO2/c12-10-6-2-3-7-8(10)4-1-5-9(7)11(13)14/h1-6H,(H,13,14). The summed E-state index contributed by atoms with van der Waals surface area (Å²) in [6.45, 7) is 0. The topological polar surface area (TPSA) is 37.3 Å². The molecule has 2 aromatic carbocycles. The van der Waals surface area contributed by atoms with Crippen LogP contribution < -0.4 is 5.46 Å². The molecular weight excluding hydrogens is 175 g/mol. The van der Waals surface area contributed by atoms with Gasteiger partial charge in [0.05, 0.1) is 5.56 Å². The van der Waals surface area contributed by atoms with E-state index < -0.39 is 5.97 Å². The van der Waals surface area contributed by atoms with Gasteiger partial charge in [-0.2, -0.15) is 0 Å². The summed E-state index contributed by atoms with van der Waals surface area (Å²) in [4.78, 5) is 10.9. The van der Waals surface area contributed by atoms with Gasteiger partial charge in [0.25, 0.3) is 0 Å². The van der Waals surface area contributed by atoms with Crippen molar-refractivity contribution in [1.29, 1.82) is 0 Å². The molecule has 2 aromatic rings. The third kappa shape index (κ3) is 1.27. The molecule has 14 heavy (non-hydrogen) atoms. The number of carboxylic acids is 1. The number of fused-ring (bicyclic) bond motifs is 1. The van der Waals surface area contributed by atoms with E-state index in [1.807, 2.05) is 6.07 Å². The van der Waals surface area contributed by atoms with Gasteiger partial charge in [-0.3, -0.25) is 0 Å². The quantitative estimate of drug-likeness (QED) is 0.675. The van der Waals surface area contributed by atoms with Gasteiger partial charge in [0.15, 0.2) is 0 Å². The molecule has 0 aliphatic rings. The van der Waals surface area contributed by atoms with Gasteiger partial charge in [-0.15, -0.1) is 0 Å². The van der Waals surface area contributed by atoms with Crippen LogP contribution in [0.5, 0.6) is 0 Å². The smallest absolute Gasteiger partial charge is 0.336 e. The first kappa shape index (κ1) is 8.82. The molecule has 0 saturated carbocycles. The monoisotopic (exact) mass is 182 g/mol. The van der Waals surface area contributed by atoms with Gasteiger partial charge in [-0.1, -0.05) is 35.8 Å². The highest BCUT2D eigenvalue weighted by atomic mass is 16.4. The van der Waals surface area contributed by atoms with E-state index in [-0.39, 0.29) is 5.56 Å². The number of hydrogen-bond donors (Lipinski definition) is 1. The third-order valence-electron chi connectivity index (χ3n) is 2.19. The van der Waals surface area contributed by atoms with Crippen LogP contribution >= 0.6 is 0 Å². The van der Waals surface area contributed by atoms with E-state index in [0.29, 0.717) is 10.8 Å². The summed E-state index contributed by atoms with van der Waals surface area (Å²) in [5.74, 6) is -0.929. The van der Waals surface area contributed by atoms with E-state index >= 15 is 0 Å². The maximum absolute atomic E-state index is 10.9. The van der Waals surface area contributed by atoms with Gasteiger partial charge in [0.2, 0.25) is 0 Å². The summed E-state index contributed by atoms with van der Waals surface area (Å²) in [7, 11) is 5.73. The lowest BCUT2D eigenvalue weighted by Gasteiger charge is -2.04. The van der Waals surface area contributed by atoms with E-state index in [0.717, 1.165) is 5.39 Å². The number of hydrogen-bond acceptors (Lipinski definition) is 1. The van der Waals surface area contributed by atoms with Crippen molar-refractivity contribution in [2.45, 2.75) is 0 Å². The highest BCUT2D eigenvalue weighted by molar-refractivity contribution is 6.39. The van der Waals surface area contributed by atoms with Crippen LogP contribution in [0.4, 0.5) is 0 Å². The Bertz CT molecular complexity index is 506. The van der Waals surface area contributed by atoms with E-state index in [4.69, 9.17) is 13.0 Å². The molecule has 0 unspecified atom stereocenters. The Morgan fingerprint density at radius 1 is 1.07 bits per heavy atom. The zero-order valence-electron chi connectivity index (χ0n) is 7.40. The van der Waals surface area contributed by atoms with Crippen molar-refractivity contribution >= 4 is 30.1 Å². The third-order valence-corrected chi connectivity index (χ3v) is 2.19. The first-order valence-corrected chi connectivity index (χ1v) is 4.20. The predicted molar refractivity (Wildman–Crippen MR) is 56.3 cm³/mol. The first-order chi connectivity index (χ1) is 6.70. The number of carbonyl (C=O) groups is 1. The van der Waals surface area contributed by atoms with Crippen LogP contribution in [0.3, 0.4) is 0 Å². The van der Waals surface area contributed by atoms with E-state index in [1.165, 1.54) is 0 Å². The van der Waals surface area contributed by atoms with Crippen LogP contribution in [0.15, 0.2) is 36.4 Å². The summed E-state index contributed by atoms with van der Waals surface area (Å²) in [6.07, 6.45) is 0. The predicted octanol–water partition coefficient (Wildman–Crippen LogP) is 1.33. The van der Waals surface area contributed by atoms with Crippen LogP contribution in [-0.4, -0.2) is 18.9 Å². The van der Waals surface area contributed by atoms with Crippen LogP contribution in [0.2, 0.25) is 0 Å². The van der Waals surface area contributed by atoms with Gasteiger partial charge in [-0.05, 0) is 16.8 Å². The van der Waals surface area contributed by atoms with Crippen LogP contribution in [0, 0.1) is 0 Å². The first-order valence-electron chi connectivity index (χ1n) is 4.20. The number of carboxylic acid groups (broad SMARTS) is 1. The molecule has 2 radical (unpaired) electrons. The zero-order valence-corrected chi connectivity index (χ0v) is 7.40. The van der Waals surface area contributed by atoms with Gasteiger partial charge in [-0.25, -0.2) is 4.79 Å². The van der Waals surface area contributed by atoms with Crippen LogP contribution in [0.25, 0.3) is 10.8 Å². The second kappa shape index (κ2) is 3.18. The largest absolute Gasteiger partial charge is 0.478 e. The lowest BCUT2D eigenvalue weighted by Crippen LogP contribution is -2.05. The van der Waals surface area contributed by atoms with Gasteiger partial charge >= 0.3 is 5.97 Å². The maximum atomic E-state index is 10.9. The minimum absolute atomic E-state index is 0.287. The maximum Gasteiger partial charge on any atom is 0.336 e. The van der Waals surface area contributed by atoms with E-state index in [1.54, 1.807) is 30.3 Å². The summed E-state index contributed by atoms with van der Waals surface area (Å²) >= 11 is 0. The molecule has 2 rings (SSSR count). The molecule has 66 valence electrons. The van der Waals surface area contributed by atoms with Crippen molar-refractivity contribution in [1.82, 2.24) is 0 Å². The molecule has 0 aliphatic carbocycles. The Balaban J connectivity index is 2.88. The van der Waals surface area contributed by atoms with Crippen molar-refractivity contribution in [3.05, 3.63) is 42.0 Å².